The fourth-order valence-electron chi connectivity index (χ4n) is 4.42. The molecule has 2 aliphatic heterocycles. The van der Waals surface area contributed by atoms with Crippen LogP contribution in [0.4, 0.5) is 5.69 Å². The highest BCUT2D eigenvalue weighted by molar-refractivity contribution is 7.98. The van der Waals surface area contributed by atoms with Crippen LogP contribution < -0.4 is 10.6 Å². The van der Waals surface area contributed by atoms with Crippen molar-refractivity contribution in [3.05, 3.63) is 70.4 Å². The van der Waals surface area contributed by atoms with Gasteiger partial charge in [0.05, 0.1) is 16.1 Å². The summed E-state index contributed by atoms with van der Waals surface area (Å²) in [5, 5.41) is 7.82. The Bertz CT molecular complexity index is 1210. The SMILES string of the molecule is CSc1ccc(-c2ccc3c(c2)C(=O)N2CCC(NC(=O)c4cccs4)CC2C(=O)N3)cc1. The van der Waals surface area contributed by atoms with Gasteiger partial charge in [-0.2, -0.15) is 0 Å². The number of hydrogen-bond acceptors (Lipinski definition) is 5. The van der Waals surface area contributed by atoms with Crippen molar-refractivity contribution in [2.24, 2.45) is 0 Å². The average Bonchev–Trinajstić information content (AvgIpc) is 3.36. The smallest absolute Gasteiger partial charge is 0.261 e. The molecule has 1 saturated heterocycles. The van der Waals surface area contributed by atoms with E-state index in [-0.39, 0.29) is 23.8 Å². The molecule has 5 rings (SSSR count). The second-order valence-electron chi connectivity index (χ2n) is 8.16. The number of anilines is 1. The van der Waals surface area contributed by atoms with E-state index in [1.54, 1.807) is 28.8 Å². The predicted octanol–water partition coefficient (Wildman–Crippen LogP) is 4.49. The van der Waals surface area contributed by atoms with Crippen molar-refractivity contribution in [2.75, 3.05) is 18.1 Å². The maximum absolute atomic E-state index is 13.5. The molecule has 2 aliphatic rings. The predicted molar refractivity (Wildman–Crippen MR) is 132 cm³/mol. The number of nitrogens with zero attached hydrogens (tertiary/aromatic N) is 1. The molecule has 1 aromatic heterocycles. The van der Waals surface area contributed by atoms with Gasteiger partial charge < -0.3 is 15.5 Å². The normalized spacial score (nSPS) is 19.8. The van der Waals surface area contributed by atoms with Crippen LogP contribution in [-0.2, 0) is 4.79 Å². The molecular formula is C25H23N3O3S2. The van der Waals surface area contributed by atoms with E-state index in [9.17, 15) is 14.4 Å². The second kappa shape index (κ2) is 9.03. The summed E-state index contributed by atoms with van der Waals surface area (Å²) in [4.78, 5) is 42.4. The van der Waals surface area contributed by atoms with Gasteiger partial charge in [-0.3, -0.25) is 14.4 Å². The molecule has 0 aliphatic carbocycles. The number of fused-ring (bicyclic) bond motifs is 2. The van der Waals surface area contributed by atoms with Crippen LogP contribution in [-0.4, -0.2) is 47.5 Å². The van der Waals surface area contributed by atoms with Gasteiger partial charge in [0.15, 0.2) is 0 Å². The van der Waals surface area contributed by atoms with Gasteiger partial charge >= 0.3 is 0 Å². The zero-order valence-corrected chi connectivity index (χ0v) is 19.7. The maximum atomic E-state index is 13.5. The summed E-state index contributed by atoms with van der Waals surface area (Å²) >= 11 is 3.06. The molecular weight excluding hydrogens is 454 g/mol. The Labute approximate surface area is 200 Å². The molecule has 2 N–H and O–H groups in total. The molecule has 0 spiro atoms. The molecule has 2 atom stereocenters. The lowest BCUT2D eigenvalue weighted by Crippen LogP contribution is -2.54. The number of thiophene rings is 1. The molecule has 0 saturated carbocycles. The number of carbonyl (C=O) groups is 3. The Morgan fingerprint density at radius 1 is 1.12 bits per heavy atom. The number of hydrogen-bond donors (Lipinski definition) is 2. The number of carbonyl (C=O) groups excluding carboxylic acids is 3. The fourth-order valence-corrected chi connectivity index (χ4v) is 5.45. The van der Waals surface area contributed by atoms with Gasteiger partial charge in [-0.15, -0.1) is 23.1 Å². The number of nitrogens with one attached hydrogen (secondary N) is 2. The van der Waals surface area contributed by atoms with Gasteiger partial charge in [-0.05, 0) is 65.9 Å². The van der Waals surface area contributed by atoms with Crippen LogP contribution in [0.2, 0.25) is 0 Å². The highest BCUT2D eigenvalue weighted by Gasteiger charge is 2.40. The van der Waals surface area contributed by atoms with Gasteiger partial charge in [0.25, 0.3) is 11.8 Å². The van der Waals surface area contributed by atoms with Crippen LogP contribution in [0.3, 0.4) is 0 Å². The minimum absolute atomic E-state index is 0.135. The van der Waals surface area contributed by atoms with E-state index in [0.717, 1.165) is 11.1 Å². The van der Waals surface area contributed by atoms with Crippen molar-refractivity contribution < 1.29 is 14.4 Å². The van der Waals surface area contributed by atoms with Gasteiger partial charge in [0.1, 0.15) is 6.04 Å². The van der Waals surface area contributed by atoms with E-state index in [0.29, 0.717) is 35.5 Å². The molecule has 1 fully saturated rings. The lowest BCUT2D eigenvalue weighted by molar-refractivity contribution is -0.121. The molecule has 33 heavy (non-hydrogen) atoms. The third-order valence-electron chi connectivity index (χ3n) is 6.18. The maximum Gasteiger partial charge on any atom is 0.261 e. The lowest BCUT2D eigenvalue weighted by atomic mass is 9.95. The molecule has 2 unspecified atom stereocenters. The minimum atomic E-state index is -0.614. The summed E-state index contributed by atoms with van der Waals surface area (Å²) in [7, 11) is 0. The molecule has 8 heteroatoms. The fraction of sp³-hybridized carbons (Fsp3) is 0.240. The van der Waals surface area contributed by atoms with Gasteiger partial charge in [0, 0.05) is 17.5 Å². The van der Waals surface area contributed by atoms with Gasteiger partial charge in [-0.25, -0.2) is 0 Å². The Balaban J connectivity index is 1.37. The molecule has 3 aromatic rings. The Morgan fingerprint density at radius 3 is 2.64 bits per heavy atom. The Kier molecular flexibility index (Phi) is 5.95. The molecule has 2 aromatic carbocycles. The van der Waals surface area contributed by atoms with E-state index in [4.69, 9.17) is 0 Å². The summed E-state index contributed by atoms with van der Waals surface area (Å²) in [6, 6.07) is 16.6. The monoisotopic (exact) mass is 477 g/mol. The van der Waals surface area contributed by atoms with Crippen molar-refractivity contribution in [1.82, 2.24) is 10.2 Å². The lowest BCUT2D eigenvalue weighted by Gasteiger charge is -2.37. The minimum Gasteiger partial charge on any atom is -0.348 e. The largest absolute Gasteiger partial charge is 0.348 e. The van der Waals surface area contributed by atoms with E-state index in [2.05, 4.69) is 22.8 Å². The summed E-state index contributed by atoms with van der Waals surface area (Å²) in [6.07, 6.45) is 3.04. The second-order valence-corrected chi connectivity index (χ2v) is 9.99. The first-order chi connectivity index (χ1) is 16.0. The van der Waals surface area contributed by atoms with E-state index >= 15 is 0 Å². The standard InChI is InChI=1S/C25H23N3O3S2/c1-32-18-7-4-15(5-8-18)16-6-9-20-19(13-16)25(31)28-11-10-17(14-21(28)23(29)27-20)26-24(30)22-3-2-12-33-22/h2-9,12-13,17,21H,10-11,14H2,1H3,(H,26,30)(H,27,29). The number of piperidine rings is 1. The van der Waals surface area contributed by atoms with Crippen molar-refractivity contribution >= 4 is 46.5 Å². The van der Waals surface area contributed by atoms with E-state index in [1.165, 1.54) is 16.2 Å². The van der Waals surface area contributed by atoms with Crippen molar-refractivity contribution in [1.29, 1.82) is 0 Å². The molecule has 0 bridgehead atoms. The van der Waals surface area contributed by atoms with E-state index in [1.807, 2.05) is 42.0 Å². The zero-order valence-electron chi connectivity index (χ0n) is 18.0. The molecule has 3 heterocycles. The van der Waals surface area contributed by atoms with Crippen LogP contribution >= 0.6 is 23.1 Å². The third kappa shape index (κ3) is 4.28. The van der Waals surface area contributed by atoms with Gasteiger partial charge in [0.2, 0.25) is 5.91 Å². The summed E-state index contributed by atoms with van der Waals surface area (Å²) in [5.74, 6) is -0.502. The van der Waals surface area contributed by atoms with Crippen LogP contribution in [0.15, 0.2) is 64.9 Å². The quantitative estimate of drug-likeness (QED) is 0.543. The number of amides is 3. The Morgan fingerprint density at radius 2 is 1.91 bits per heavy atom. The molecule has 0 radical (unpaired) electrons. The van der Waals surface area contributed by atoms with Gasteiger partial charge in [-0.1, -0.05) is 24.3 Å². The van der Waals surface area contributed by atoms with Crippen LogP contribution in [0.25, 0.3) is 11.1 Å². The van der Waals surface area contributed by atoms with Crippen LogP contribution in [0.5, 0.6) is 0 Å². The van der Waals surface area contributed by atoms with E-state index < -0.39 is 6.04 Å². The summed E-state index contributed by atoms with van der Waals surface area (Å²) in [6.45, 7) is 0.415. The highest BCUT2D eigenvalue weighted by atomic mass is 32.2. The first-order valence-corrected chi connectivity index (χ1v) is 12.9. The topological polar surface area (TPSA) is 78.5 Å². The zero-order chi connectivity index (χ0) is 22.9. The average molecular weight is 478 g/mol. The number of rotatable bonds is 4. The molecule has 168 valence electrons. The summed E-state index contributed by atoms with van der Waals surface area (Å²) in [5.41, 5.74) is 2.98. The first-order valence-electron chi connectivity index (χ1n) is 10.8. The number of benzene rings is 2. The van der Waals surface area contributed by atoms with Crippen molar-refractivity contribution in [3.63, 3.8) is 0 Å². The summed E-state index contributed by atoms with van der Waals surface area (Å²) < 4.78 is 0. The molecule has 3 amide bonds. The first kappa shape index (κ1) is 21.7. The van der Waals surface area contributed by atoms with Crippen molar-refractivity contribution in [2.45, 2.75) is 29.8 Å². The van der Waals surface area contributed by atoms with Crippen LogP contribution in [0, 0.1) is 0 Å². The van der Waals surface area contributed by atoms with Crippen molar-refractivity contribution in [3.8, 4) is 11.1 Å². The highest BCUT2D eigenvalue weighted by Crippen LogP contribution is 2.32. The van der Waals surface area contributed by atoms with Crippen LogP contribution in [0.1, 0.15) is 32.9 Å². The third-order valence-corrected chi connectivity index (χ3v) is 7.79. The number of thioether (sulfide) groups is 1. The molecule has 6 nitrogen and oxygen atoms in total. The Hall–Kier alpha value is -3.10.